The van der Waals surface area contributed by atoms with Crippen LogP contribution in [-0.2, 0) is 0 Å². The molecule has 0 unspecified atom stereocenters. The van der Waals surface area contributed by atoms with E-state index < -0.39 is 4.92 Å². The van der Waals surface area contributed by atoms with Crippen LogP contribution in [0.1, 0.15) is 32.6 Å². The van der Waals surface area contributed by atoms with Crippen LogP contribution < -0.4 is 5.32 Å². The number of non-ortho nitro benzene ring substituents is 1. The highest BCUT2D eigenvalue weighted by molar-refractivity contribution is 14.1. The molecule has 2 N–H and O–H groups in total. The van der Waals surface area contributed by atoms with Gasteiger partial charge < -0.3 is 10.4 Å². The van der Waals surface area contributed by atoms with Gasteiger partial charge in [0.1, 0.15) is 0 Å². The largest absolute Gasteiger partial charge is 0.394 e. The zero-order valence-corrected chi connectivity index (χ0v) is 13.6. The Bertz CT molecular complexity index is 499. The van der Waals surface area contributed by atoms with Crippen molar-refractivity contribution in [3.8, 4) is 0 Å². The maximum Gasteiger partial charge on any atom is 0.270 e. The Kier molecular flexibility index (Phi) is 4.85. The van der Waals surface area contributed by atoms with Crippen molar-refractivity contribution in [1.82, 2.24) is 0 Å². The Labute approximate surface area is 132 Å². The fourth-order valence-corrected chi connectivity index (χ4v) is 3.28. The SMILES string of the molecule is CC1CCC(CO)(Nc2ccc([N+](=O)[O-])cc2I)CC1. The van der Waals surface area contributed by atoms with E-state index in [1.165, 1.54) is 6.07 Å². The van der Waals surface area contributed by atoms with Gasteiger partial charge >= 0.3 is 0 Å². The summed E-state index contributed by atoms with van der Waals surface area (Å²) in [6, 6.07) is 4.79. The van der Waals surface area contributed by atoms with Crippen LogP contribution in [0.3, 0.4) is 0 Å². The monoisotopic (exact) mass is 390 g/mol. The Morgan fingerprint density at radius 3 is 2.65 bits per heavy atom. The molecule has 1 fully saturated rings. The molecule has 0 amide bonds. The van der Waals surface area contributed by atoms with Gasteiger partial charge in [-0.2, -0.15) is 0 Å². The van der Waals surface area contributed by atoms with E-state index in [4.69, 9.17) is 0 Å². The fourth-order valence-electron chi connectivity index (χ4n) is 2.64. The molecule has 110 valence electrons. The molecule has 1 aromatic rings. The van der Waals surface area contributed by atoms with Crippen LogP contribution in [0.4, 0.5) is 11.4 Å². The van der Waals surface area contributed by atoms with Crippen molar-refractivity contribution < 1.29 is 10.0 Å². The van der Waals surface area contributed by atoms with Crippen molar-refractivity contribution in [3.63, 3.8) is 0 Å². The summed E-state index contributed by atoms with van der Waals surface area (Å²) in [4.78, 5) is 10.4. The first-order valence-corrected chi connectivity index (χ1v) is 7.87. The molecule has 2 rings (SSSR count). The van der Waals surface area contributed by atoms with Crippen molar-refractivity contribution in [2.45, 2.75) is 38.1 Å². The lowest BCUT2D eigenvalue weighted by Gasteiger charge is -2.39. The second-order valence-corrected chi connectivity index (χ2v) is 6.83. The van der Waals surface area contributed by atoms with Crippen molar-refractivity contribution in [2.24, 2.45) is 5.92 Å². The van der Waals surface area contributed by atoms with Gasteiger partial charge in [0.05, 0.1) is 17.1 Å². The van der Waals surface area contributed by atoms with Gasteiger partial charge in [-0.15, -0.1) is 0 Å². The summed E-state index contributed by atoms with van der Waals surface area (Å²) in [5, 5.41) is 23.9. The Morgan fingerprint density at radius 2 is 2.15 bits per heavy atom. The summed E-state index contributed by atoms with van der Waals surface area (Å²) in [6.07, 6.45) is 4.05. The van der Waals surface area contributed by atoms with Crippen LogP contribution >= 0.6 is 22.6 Å². The summed E-state index contributed by atoms with van der Waals surface area (Å²) < 4.78 is 0.809. The van der Waals surface area contributed by atoms with Crippen LogP contribution in [0.15, 0.2) is 18.2 Å². The minimum Gasteiger partial charge on any atom is -0.394 e. The average Bonchev–Trinajstić information content (AvgIpc) is 2.43. The molecular formula is C14H19IN2O3. The van der Waals surface area contributed by atoms with Crippen LogP contribution in [0, 0.1) is 19.6 Å². The summed E-state index contributed by atoms with van der Waals surface area (Å²) >= 11 is 2.09. The molecule has 1 saturated carbocycles. The predicted octanol–water partition coefficient (Wildman–Crippen LogP) is 3.55. The van der Waals surface area contributed by atoms with Gasteiger partial charge in [0.15, 0.2) is 0 Å². The number of benzene rings is 1. The average molecular weight is 390 g/mol. The topological polar surface area (TPSA) is 75.4 Å². The third-order valence-electron chi connectivity index (χ3n) is 4.10. The van der Waals surface area contributed by atoms with E-state index in [2.05, 4.69) is 34.8 Å². The van der Waals surface area contributed by atoms with E-state index in [1.54, 1.807) is 12.1 Å². The second kappa shape index (κ2) is 6.26. The first-order chi connectivity index (χ1) is 9.46. The second-order valence-electron chi connectivity index (χ2n) is 5.67. The first-order valence-electron chi connectivity index (χ1n) is 6.79. The Balaban J connectivity index is 2.17. The maximum atomic E-state index is 10.8. The number of nitro benzene ring substituents is 1. The number of anilines is 1. The molecule has 0 heterocycles. The van der Waals surface area contributed by atoms with Crippen LogP contribution in [0.5, 0.6) is 0 Å². The maximum absolute atomic E-state index is 10.8. The number of rotatable bonds is 4. The Hall–Kier alpha value is -0.890. The molecule has 1 aliphatic carbocycles. The van der Waals surface area contributed by atoms with Crippen LogP contribution in [0.2, 0.25) is 0 Å². The molecule has 0 atom stereocenters. The highest BCUT2D eigenvalue weighted by atomic mass is 127. The molecule has 0 aliphatic heterocycles. The van der Waals surface area contributed by atoms with Gasteiger partial charge in [-0.25, -0.2) is 0 Å². The first kappa shape index (κ1) is 15.5. The van der Waals surface area contributed by atoms with Crippen LogP contribution in [-0.4, -0.2) is 22.2 Å². The molecule has 20 heavy (non-hydrogen) atoms. The zero-order valence-electron chi connectivity index (χ0n) is 11.4. The van der Waals surface area contributed by atoms with E-state index in [1.807, 2.05) is 0 Å². The Morgan fingerprint density at radius 1 is 1.50 bits per heavy atom. The fraction of sp³-hybridized carbons (Fsp3) is 0.571. The van der Waals surface area contributed by atoms with Gasteiger partial charge in [-0.3, -0.25) is 10.1 Å². The number of nitrogens with one attached hydrogen (secondary N) is 1. The molecule has 0 spiro atoms. The van der Waals surface area contributed by atoms with Crippen molar-refractivity contribution in [3.05, 3.63) is 31.9 Å². The summed E-state index contributed by atoms with van der Waals surface area (Å²) in [7, 11) is 0. The molecule has 1 aromatic carbocycles. The van der Waals surface area contributed by atoms with E-state index in [9.17, 15) is 15.2 Å². The number of nitro groups is 1. The number of halogens is 1. The summed E-state index contributed by atoms with van der Waals surface area (Å²) in [5.41, 5.74) is 0.665. The molecule has 0 bridgehead atoms. The number of hydrogen-bond acceptors (Lipinski definition) is 4. The lowest BCUT2D eigenvalue weighted by Crippen LogP contribution is -2.45. The smallest absolute Gasteiger partial charge is 0.270 e. The molecule has 5 nitrogen and oxygen atoms in total. The number of nitrogens with zero attached hydrogens (tertiary/aromatic N) is 1. The number of hydrogen-bond donors (Lipinski definition) is 2. The molecule has 1 aliphatic rings. The van der Waals surface area contributed by atoms with Crippen molar-refractivity contribution >= 4 is 34.0 Å². The minimum atomic E-state index is -0.393. The van der Waals surface area contributed by atoms with E-state index >= 15 is 0 Å². The number of aliphatic hydroxyl groups excluding tert-OH is 1. The van der Waals surface area contributed by atoms with E-state index in [0.717, 1.165) is 34.9 Å². The van der Waals surface area contributed by atoms with Crippen LogP contribution in [0.25, 0.3) is 0 Å². The normalized spacial score (nSPS) is 26.2. The zero-order chi connectivity index (χ0) is 14.8. The standard InChI is InChI=1S/C14H19IN2O3/c1-10-4-6-14(9-18,7-5-10)16-13-3-2-11(17(19)20)8-12(13)15/h2-3,8,10,16,18H,4-7,9H2,1H3. The minimum absolute atomic E-state index is 0.0901. The molecule has 0 radical (unpaired) electrons. The molecular weight excluding hydrogens is 371 g/mol. The molecule has 0 saturated heterocycles. The molecule has 6 heteroatoms. The van der Waals surface area contributed by atoms with E-state index in [-0.39, 0.29) is 17.8 Å². The highest BCUT2D eigenvalue weighted by Crippen LogP contribution is 2.36. The van der Waals surface area contributed by atoms with Gasteiger partial charge in [0.2, 0.25) is 0 Å². The van der Waals surface area contributed by atoms with Crippen molar-refractivity contribution in [1.29, 1.82) is 0 Å². The third kappa shape index (κ3) is 3.41. The highest BCUT2D eigenvalue weighted by Gasteiger charge is 2.34. The third-order valence-corrected chi connectivity index (χ3v) is 4.99. The van der Waals surface area contributed by atoms with Gasteiger partial charge in [0.25, 0.3) is 5.69 Å². The van der Waals surface area contributed by atoms with Crippen molar-refractivity contribution in [2.75, 3.05) is 11.9 Å². The summed E-state index contributed by atoms with van der Waals surface area (Å²) in [5.74, 6) is 0.701. The van der Waals surface area contributed by atoms with Gasteiger partial charge in [-0.1, -0.05) is 6.92 Å². The predicted molar refractivity (Wildman–Crippen MR) is 86.9 cm³/mol. The lowest BCUT2D eigenvalue weighted by molar-refractivity contribution is -0.384. The lowest BCUT2D eigenvalue weighted by atomic mass is 9.77. The molecule has 0 aromatic heterocycles. The quantitative estimate of drug-likeness (QED) is 0.469. The summed E-state index contributed by atoms with van der Waals surface area (Å²) in [6.45, 7) is 2.32. The number of aliphatic hydroxyl groups is 1. The van der Waals surface area contributed by atoms with Gasteiger partial charge in [-0.05, 0) is 60.3 Å². The van der Waals surface area contributed by atoms with E-state index in [0.29, 0.717) is 5.92 Å². The van der Waals surface area contributed by atoms with Gasteiger partial charge in [0, 0.05) is 21.4 Å².